The molecule has 2 aliphatic rings. The summed E-state index contributed by atoms with van der Waals surface area (Å²) in [7, 11) is 3.22. The number of carbonyl (C=O) groups excluding carboxylic acids is 1. The maximum atomic E-state index is 13.4. The number of hydrogen-bond donors (Lipinski definition) is 2. The first kappa shape index (κ1) is 40.5. The van der Waals surface area contributed by atoms with Gasteiger partial charge in [-0.05, 0) is 68.8 Å². The highest BCUT2D eigenvalue weighted by Crippen LogP contribution is 2.35. The Kier molecular flexibility index (Phi) is 18.9. The van der Waals surface area contributed by atoms with Crippen LogP contribution >= 0.6 is 0 Å². The topological polar surface area (TPSA) is 93.2 Å². The Hall–Kier alpha value is -1.52. The average molecular weight is 639 g/mol. The van der Waals surface area contributed by atoms with Crippen molar-refractivity contribution in [2.45, 2.75) is 135 Å². The first-order valence-corrected chi connectivity index (χ1v) is 18.7. The Bertz CT molecular complexity index is 1020. The molecule has 0 bridgehead atoms. The van der Waals surface area contributed by atoms with E-state index in [1.807, 2.05) is 37.9 Å². The van der Waals surface area contributed by atoms with Crippen LogP contribution in [0, 0.1) is 11.8 Å². The Balaban J connectivity index is 0.00000149. The van der Waals surface area contributed by atoms with Crippen LogP contribution in [0.3, 0.4) is 0 Å². The fourth-order valence-corrected chi connectivity index (χ4v) is 7.33. The molecular weight excluding hydrogens is 572 g/mol. The summed E-state index contributed by atoms with van der Waals surface area (Å²) in [6.45, 7) is 12.8. The molecule has 1 aliphatic carbocycles. The lowest BCUT2D eigenvalue weighted by atomic mass is 9.84. The van der Waals surface area contributed by atoms with Gasteiger partial charge in [0.25, 0.3) is 0 Å². The molecule has 3 atom stereocenters. The molecule has 8 nitrogen and oxygen atoms in total. The Morgan fingerprint density at radius 3 is 2.05 bits per heavy atom. The van der Waals surface area contributed by atoms with E-state index in [4.69, 9.17) is 0 Å². The third kappa shape index (κ3) is 11.7. The van der Waals surface area contributed by atoms with E-state index in [2.05, 4.69) is 31.0 Å². The molecule has 9 heteroatoms. The molecule has 1 aromatic carbocycles. The number of nitrogens with one attached hydrogen (secondary N) is 1. The number of benzene rings is 1. The summed E-state index contributed by atoms with van der Waals surface area (Å²) in [4.78, 5) is 17.9. The normalized spacial score (nSPS) is 21.6. The van der Waals surface area contributed by atoms with Gasteiger partial charge in [-0.25, -0.2) is 12.7 Å². The quantitative estimate of drug-likeness (QED) is 0.213. The van der Waals surface area contributed by atoms with Crippen molar-refractivity contribution in [1.29, 1.82) is 0 Å². The number of unbranched alkanes of at least 4 members (excludes halogenated alkanes) is 1. The number of aliphatic hydroxyl groups is 1. The molecule has 1 heterocycles. The Labute approximate surface area is 271 Å². The summed E-state index contributed by atoms with van der Waals surface area (Å²) in [6.07, 6.45) is 12.8. The van der Waals surface area contributed by atoms with E-state index in [1.54, 1.807) is 19.2 Å². The van der Waals surface area contributed by atoms with Crippen molar-refractivity contribution in [3.63, 3.8) is 0 Å². The summed E-state index contributed by atoms with van der Waals surface area (Å²) in [5, 5.41) is 14.3. The van der Waals surface area contributed by atoms with Crippen LogP contribution in [0.25, 0.3) is 0 Å². The fraction of sp³-hybridized carbons (Fsp3) is 0.800. The summed E-state index contributed by atoms with van der Waals surface area (Å²) >= 11 is 0. The second kappa shape index (κ2) is 20.6. The van der Waals surface area contributed by atoms with Gasteiger partial charge in [-0.1, -0.05) is 98.1 Å². The van der Waals surface area contributed by atoms with Crippen LogP contribution in [0.4, 0.5) is 0 Å². The third-order valence-electron chi connectivity index (χ3n) is 9.42. The zero-order chi connectivity index (χ0) is 33.3. The lowest BCUT2D eigenvalue weighted by Gasteiger charge is -2.44. The van der Waals surface area contributed by atoms with Gasteiger partial charge in [-0.15, -0.1) is 0 Å². The Morgan fingerprint density at radius 1 is 0.977 bits per heavy atom. The Morgan fingerprint density at radius 2 is 1.55 bits per heavy atom. The van der Waals surface area contributed by atoms with Gasteiger partial charge < -0.3 is 10.4 Å². The van der Waals surface area contributed by atoms with Crippen LogP contribution in [0.5, 0.6) is 0 Å². The highest BCUT2D eigenvalue weighted by molar-refractivity contribution is 7.89. The minimum Gasteiger partial charge on any atom is -0.378 e. The molecule has 256 valence electrons. The molecule has 3 rings (SSSR count). The number of hydrogen-bond acceptors (Lipinski definition) is 6. The molecule has 1 aromatic rings. The number of nitrogens with zero attached hydrogens (tertiary/aromatic N) is 3. The van der Waals surface area contributed by atoms with E-state index in [0.717, 1.165) is 31.5 Å². The number of amides is 1. The molecule has 1 amide bonds. The number of rotatable bonds is 11. The molecule has 44 heavy (non-hydrogen) atoms. The highest BCUT2D eigenvalue weighted by atomic mass is 32.2. The van der Waals surface area contributed by atoms with Gasteiger partial charge in [0.15, 0.2) is 0 Å². The zero-order valence-corrected chi connectivity index (χ0v) is 30.4. The lowest BCUT2D eigenvalue weighted by Crippen LogP contribution is -2.61. The number of sulfonamides is 1. The van der Waals surface area contributed by atoms with Crippen molar-refractivity contribution in [3.05, 3.63) is 29.8 Å². The molecule has 1 aliphatic heterocycles. The van der Waals surface area contributed by atoms with Crippen LogP contribution in [0.2, 0.25) is 0 Å². The molecule has 0 spiro atoms. The second-order valence-corrected chi connectivity index (χ2v) is 14.9. The number of likely N-dealkylation sites (N-methyl/N-ethyl adjacent to an activating group) is 2. The van der Waals surface area contributed by atoms with Crippen molar-refractivity contribution in [1.82, 2.24) is 19.4 Å². The average Bonchev–Trinajstić information content (AvgIpc) is 3.42. The number of carbonyl (C=O) groups is 1. The van der Waals surface area contributed by atoms with Crippen molar-refractivity contribution >= 4 is 15.9 Å². The van der Waals surface area contributed by atoms with Crippen LogP contribution in [0.15, 0.2) is 29.2 Å². The van der Waals surface area contributed by atoms with Gasteiger partial charge in [0, 0.05) is 34.2 Å². The van der Waals surface area contributed by atoms with Gasteiger partial charge in [0.1, 0.15) is 11.8 Å². The van der Waals surface area contributed by atoms with E-state index in [0.29, 0.717) is 25.3 Å². The van der Waals surface area contributed by atoms with Crippen molar-refractivity contribution in [3.8, 4) is 0 Å². The summed E-state index contributed by atoms with van der Waals surface area (Å²) in [5.74, 6) is 0.733. The summed E-state index contributed by atoms with van der Waals surface area (Å²) < 4.78 is 26.0. The van der Waals surface area contributed by atoms with Gasteiger partial charge in [-0.2, -0.15) is 0 Å². The van der Waals surface area contributed by atoms with Crippen molar-refractivity contribution < 1.29 is 18.3 Å². The van der Waals surface area contributed by atoms with Crippen LogP contribution in [-0.2, 0) is 21.4 Å². The van der Waals surface area contributed by atoms with E-state index < -0.39 is 21.8 Å². The smallest absolute Gasteiger partial charge is 0.242 e. The van der Waals surface area contributed by atoms with Crippen LogP contribution < -0.4 is 5.32 Å². The third-order valence-corrected chi connectivity index (χ3v) is 11.3. The molecule has 1 saturated heterocycles. The molecule has 2 fully saturated rings. The van der Waals surface area contributed by atoms with Gasteiger partial charge in [-0.3, -0.25) is 14.6 Å². The highest BCUT2D eigenvalue weighted by Gasteiger charge is 2.46. The standard InChI is InChI=1S/C29H50N4O4S.C4H10.C2H6/c1-23(21-24-11-8-6-7-9-12-24)27(34)32(5)29(28(35)30-2)17-10-19-33(20-18-29)22-25-13-15-26(16-14-25)38(36,37)31(3)4;1-3-4-2;1-2/h13-16,23-24,27,34H,6-12,17-22H2,1-5H3,(H,30,35);3-4H2,1-2H3;1-2H3/t23-,27?,29?;;/m0../s1. The first-order chi connectivity index (χ1) is 20.9. The minimum absolute atomic E-state index is 0.0270. The summed E-state index contributed by atoms with van der Waals surface area (Å²) in [6, 6.07) is 7.07. The predicted octanol–water partition coefficient (Wildman–Crippen LogP) is 6.49. The van der Waals surface area contributed by atoms with E-state index in [9.17, 15) is 18.3 Å². The monoisotopic (exact) mass is 638 g/mol. The fourth-order valence-electron chi connectivity index (χ4n) is 6.42. The first-order valence-electron chi connectivity index (χ1n) is 17.3. The summed E-state index contributed by atoms with van der Waals surface area (Å²) in [5.41, 5.74) is 0.283. The van der Waals surface area contributed by atoms with Crippen LogP contribution in [-0.4, -0.2) is 86.6 Å². The number of aliphatic hydroxyl groups excluding tert-OH is 1. The predicted molar refractivity (Wildman–Crippen MR) is 184 cm³/mol. The minimum atomic E-state index is -3.45. The molecule has 2 unspecified atom stereocenters. The van der Waals surface area contributed by atoms with E-state index in [-0.39, 0.29) is 16.7 Å². The van der Waals surface area contributed by atoms with Crippen molar-refractivity contribution in [2.24, 2.45) is 11.8 Å². The van der Waals surface area contributed by atoms with Gasteiger partial charge >= 0.3 is 0 Å². The van der Waals surface area contributed by atoms with Crippen LogP contribution in [0.1, 0.15) is 117 Å². The van der Waals surface area contributed by atoms with E-state index >= 15 is 0 Å². The zero-order valence-electron chi connectivity index (χ0n) is 29.6. The maximum Gasteiger partial charge on any atom is 0.242 e. The van der Waals surface area contributed by atoms with Crippen molar-refractivity contribution in [2.75, 3.05) is 41.3 Å². The molecule has 2 N–H and O–H groups in total. The largest absolute Gasteiger partial charge is 0.378 e. The number of likely N-dealkylation sites (tertiary alicyclic amines) is 1. The maximum absolute atomic E-state index is 13.4. The molecular formula is C35H66N4O4S. The SMILES string of the molecule is CC.CCCC.CNC(=O)C1(N(C)C(O)[C@@H](C)CC2CCCCCC2)CCCN(Cc2ccc(S(=O)(=O)N(C)C)cc2)CC1. The van der Waals surface area contributed by atoms with E-state index in [1.165, 1.54) is 69.8 Å². The molecule has 1 saturated carbocycles. The van der Waals surface area contributed by atoms with Gasteiger partial charge in [0.2, 0.25) is 15.9 Å². The lowest BCUT2D eigenvalue weighted by molar-refractivity contribution is -0.146. The molecule has 0 radical (unpaired) electrons. The molecule has 0 aromatic heterocycles. The van der Waals surface area contributed by atoms with Gasteiger partial charge in [0.05, 0.1) is 4.90 Å². The second-order valence-electron chi connectivity index (χ2n) is 12.8.